The highest BCUT2D eigenvalue weighted by atomic mass is 19.1. The number of carbonyl (C=O) groups excluding carboxylic acids is 2. The van der Waals surface area contributed by atoms with E-state index in [1.165, 1.54) is 0 Å². The van der Waals surface area contributed by atoms with Gasteiger partial charge in [0.05, 0.1) is 11.0 Å². The maximum absolute atomic E-state index is 13.5. The topological polar surface area (TPSA) is 101 Å². The molecule has 8 heteroatoms. The van der Waals surface area contributed by atoms with Crippen LogP contribution in [0.4, 0.5) is 14.5 Å². The van der Waals surface area contributed by atoms with Crippen molar-refractivity contribution in [2.24, 2.45) is 0 Å². The monoisotopic (exact) mass is 296 g/mol. The summed E-state index contributed by atoms with van der Waals surface area (Å²) in [6.45, 7) is 0. The Morgan fingerprint density at radius 1 is 1.43 bits per heavy atom. The molecule has 0 spiro atoms. The van der Waals surface area contributed by atoms with Crippen molar-refractivity contribution in [2.45, 2.75) is 25.4 Å². The Hall–Kier alpha value is -2.69. The zero-order valence-electron chi connectivity index (χ0n) is 10.7. The average molecular weight is 296 g/mol. The van der Waals surface area contributed by atoms with Crippen molar-refractivity contribution in [2.75, 3.05) is 0 Å². The second kappa shape index (κ2) is 7.19. The van der Waals surface area contributed by atoms with E-state index in [4.69, 9.17) is 5.26 Å². The van der Waals surface area contributed by atoms with Gasteiger partial charge >= 0.3 is 0 Å². The molecule has 0 aliphatic heterocycles. The van der Waals surface area contributed by atoms with Crippen LogP contribution in [-0.4, -0.2) is 22.7 Å². The number of nitro benzene ring substituents is 1. The first-order valence-electron chi connectivity index (χ1n) is 5.92. The van der Waals surface area contributed by atoms with Gasteiger partial charge in [-0.2, -0.15) is 5.26 Å². The lowest BCUT2D eigenvalue weighted by molar-refractivity contribution is -0.385. The van der Waals surface area contributed by atoms with Gasteiger partial charge in [0.1, 0.15) is 11.4 Å². The molecule has 0 N–H and O–H groups in total. The van der Waals surface area contributed by atoms with E-state index in [1.54, 1.807) is 6.07 Å². The lowest BCUT2D eigenvalue weighted by atomic mass is 10.00. The molecule has 1 aromatic carbocycles. The summed E-state index contributed by atoms with van der Waals surface area (Å²) in [7, 11) is 0. The maximum atomic E-state index is 13.5. The van der Waals surface area contributed by atoms with Crippen molar-refractivity contribution in [3.05, 3.63) is 39.7 Å². The Morgan fingerprint density at radius 2 is 2.10 bits per heavy atom. The van der Waals surface area contributed by atoms with Gasteiger partial charge in [0.25, 0.3) is 5.69 Å². The number of unbranched alkanes of at least 4 members (excludes halogenated alkanes) is 1. The van der Waals surface area contributed by atoms with Crippen molar-refractivity contribution >= 4 is 17.3 Å². The molecular weight excluding hydrogens is 286 g/mol. The number of nitrogens with zero attached hydrogens (tertiary/aromatic N) is 2. The zero-order valence-corrected chi connectivity index (χ0v) is 10.7. The summed E-state index contributed by atoms with van der Waals surface area (Å²) < 4.78 is 26.6. The van der Waals surface area contributed by atoms with E-state index in [2.05, 4.69) is 0 Å². The summed E-state index contributed by atoms with van der Waals surface area (Å²) in [5, 5.41) is 19.0. The average Bonchev–Trinajstić information content (AvgIpc) is 2.45. The molecule has 0 aromatic heterocycles. The van der Waals surface area contributed by atoms with Crippen LogP contribution in [0.2, 0.25) is 0 Å². The van der Waals surface area contributed by atoms with Crippen molar-refractivity contribution in [3.8, 4) is 6.07 Å². The van der Waals surface area contributed by atoms with Gasteiger partial charge in [0.15, 0.2) is 6.17 Å². The lowest BCUT2D eigenvalue weighted by Crippen LogP contribution is -2.26. The number of halogens is 2. The van der Waals surface area contributed by atoms with E-state index in [1.807, 2.05) is 0 Å². The number of nitro groups is 1. The second-order valence-corrected chi connectivity index (χ2v) is 4.13. The standard InChI is InChI=1S/C13H10F2N2O4/c14-8-4-5-11(17(20)21)9(7-8)12(18)13(19)10(15)3-1-2-6-16/h4-5,7,10H,1-3H2. The molecule has 21 heavy (non-hydrogen) atoms. The molecule has 0 amide bonds. The van der Waals surface area contributed by atoms with E-state index < -0.39 is 39.7 Å². The van der Waals surface area contributed by atoms with Crippen molar-refractivity contribution in [1.29, 1.82) is 5.26 Å². The molecule has 0 saturated carbocycles. The van der Waals surface area contributed by atoms with Crippen LogP contribution in [0.1, 0.15) is 29.6 Å². The molecular formula is C13H10F2N2O4. The first-order valence-corrected chi connectivity index (χ1v) is 5.92. The number of carbonyl (C=O) groups is 2. The van der Waals surface area contributed by atoms with Crippen LogP contribution in [0.3, 0.4) is 0 Å². The molecule has 0 bridgehead atoms. The van der Waals surface area contributed by atoms with Gasteiger partial charge in [-0.25, -0.2) is 8.78 Å². The highest BCUT2D eigenvalue weighted by Gasteiger charge is 2.31. The third-order valence-corrected chi connectivity index (χ3v) is 2.65. The molecule has 1 atom stereocenters. The van der Waals surface area contributed by atoms with Crippen molar-refractivity contribution in [1.82, 2.24) is 0 Å². The molecule has 0 saturated heterocycles. The number of rotatable bonds is 7. The molecule has 1 aromatic rings. The highest BCUT2D eigenvalue weighted by Crippen LogP contribution is 2.21. The number of alkyl halides is 1. The van der Waals surface area contributed by atoms with Crippen molar-refractivity contribution < 1.29 is 23.3 Å². The van der Waals surface area contributed by atoms with E-state index in [-0.39, 0.29) is 19.3 Å². The van der Waals surface area contributed by atoms with Gasteiger partial charge in [0, 0.05) is 12.5 Å². The zero-order chi connectivity index (χ0) is 16.0. The highest BCUT2D eigenvalue weighted by molar-refractivity contribution is 6.45. The number of hydrogen-bond donors (Lipinski definition) is 0. The van der Waals surface area contributed by atoms with E-state index in [9.17, 15) is 28.5 Å². The minimum atomic E-state index is -2.17. The van der Waals surface area contributed by atoms with Gasteiger partial charge < -0.3 is 0 Å². The fourth-order valence-corrected chi connectivity index (χ4v) is 1.62. The van der Waals surface area contributed by atoms with Crippen LogP contribution in [-0.2, 0) is 4.79 Å². The van der Waals surface area contributed by atoms with Crippen LogP contribution in [0.25, 0.3) is 0 Å². The van der Waals surface area contributed by atoms with Crippen LogP contribution < -0.4 is 0 Å². The van der Waals surface area contributed by atoms with Gasteiger partial charge in [-0.1, -0.05) is 0 Å². The molecule has 1 rings (SSSR count). The quantitative estimate of drug-likeness (QED) is 0.253. The fourth-order valence-electron chi connectivity index (χ4n) is 1.62. The predicted molar refractivity (Wildman–Crippen MR) is 66.8 cm³/mol. The summed E-state index contributed by atoms with van der Waals surface area (Å²) in [6, 6.07) is 3.78. The van der Waals surface area contributed by atoms with Crippen LogP contribution in [0.15, 0.2) is 18.2 Å². The fraction of sp³-hybridized carbons (Fsp3) is 0.308. The summed E-state index contributed by atoms with van der Waals surface area (Å²) in [4.78, 5) is 33.1. The van der Waals surface area contributed by atoms with Crippen molar-refractivity contribution in [3.63, 3.8) is 0 Å². The minimum absolute atomic E-state index is 0.0159. The third-order valence-electron chi connectivity index (χ3n) is 2.65. The van der Waals surface area contributed by atoms with E-state index in [0.717, 1.165) is 12.1 Å². The molecule has 0 fully saturated rings. The Morgan fingerprint density at radius 3 is 2.67 bits per heavy atom. The maximum Gasteiger partial charge on any atom is 0.280 e. The first kappa shape index (κ1) is 16.4. The number of ketones is 2. The largest absolute Gasteiger partial charge is 0.287 e. The van der Waals surface area contributed by atoms with E-state index in [0.29, 0.717) is 6.07 Å². The Labute approximate surface area is 118 Å². The van der Waals surface area contributed by atoms with Crippen LogP contribution in [0.5, 0.6) is 0 Å². The molecule has 1 unspecified atom stereocenters. The first-order chi connectivity index (χ1) is 9.88. The second-order valence-electron chi connectivity index (χ2n) is 4.13. The SMILES string of the molecule is N#CCCCC(F)C(=O)C(=O)c1cc(F)ccc1[N+](=O)[O-]. The third kappa shape index (κ3) is 4.14. The van der Waals surface area contributed by atoms with Gasteiger partial charge in [-0.05, 0) is 25.0 Å². The summed E-state index contributed by atoms with van der Waals surface area (Å²) in [5.74, 6) is -3.89. The molecule has 0 heterocycles. The van der Waals surface area contributed by atoms with Gasteiger partial charge in [-0.15, -0.1) is 0 Å². The number of benzene rings is 1. The normalized spacial score (nSPS) is 11.5. The van der Waals surface area contributed by atoms with Crippen LogP contribution >= 0.6 is 0 Å². The molecule has 0 radical (unpaired) electrons. The number of hydrogen-bond acceptors (Lipinski definition) is 5. The Kier molecular flexibility index (Phi) is 5.60. The number of Topliss-reactive ketones (excluding diaryl/α,β-unsaturated/α-hetero) is 2. The number of nitriles is 1. The summed E-state index contributed by atoms with van der Waals surface area (Å²) in [5.41, 5.74) is -1.55. The van der Waals surface area contributed by atoms with Crippen LogP contribution in [0, 0.1) is 27.3 Å². The van der Waals surface area contributed by atoms with Gasteiger partial charge in [0.2, 0.25) is 11.6 Å². The van der Waals surface area contributed by atoms with Gasteiger partial charge in [-0.3, -0.25) is 19.7 Å². The molecule has 110 valence electrons. The summed E-state index contributed by atoms with van der Waals surface area (Å²) >= 11 is 0. The molecule has 0 aliphatic carbocycles. The lowest BCUT2D eigenvalue weighted by Gasteiger charge is -2.06. The molecule has 0 aliphatic rings. The Bertz CT molecular complexity index is 625. The Balaban J connectivity index is 2.98. The summed E-state index contributed by atoms with van der Waals surface area (Å²) in [6.07, 6.45) is -2.43. The van der Waals surface area contributed by atoms with E-state index >= 15 is 0 Å². The molecule has 6 nitrogen and oxygen atoms in total. The predicted octanol–water partition coefficient (Wildman–Crippen LogP) is 2.52. The minimum Gasteiger partial charge on any atom is -0.287 e. The smallest absolute Gasteiger partial charge is 0.280 e.